The van der Waals surface area contributed by atoms with Gasteiger partial charge in [0.15, 0.2) is 0 Å². The molecule has 49 valence electrons. The summed E-state index contributed by atoms with van der Waals surface area (Å²) in [5.41, 5.74) is 0.433. The summed E-state index contributed by atoms with van der Waals surface area (Å²) in [7, 11) is 1.33. The van der Waals surface area contributed by atoms with E-state index in [1.807, 2.05) is 0 Å². The second-order valence-electron chi connectivity index (χ2n) is 1.27. The quantitative estimate of drug-likeness (QED) is 0.414. The fraction of sp³-hybridized carbons (Fsp3) is 0.500. The van der Waals surface area contributed by atoms with E-state index < -0.39 is 0 Å². The molecule has 3 heteroatoms. The van der Waals surface area contributed by atoms with Crippen LogP contribution in [0.5, 0.6) is 0 Å². The van der Waals surface area contributed by atoms with Crippen molar-refractivity contribution in [1.29, 1.82) is 0 Å². The standard InChI is InChI=1S/C5H8O2.CH3.Hg/c1-4(2)5(6)7-3;;/h1H2,2-3H3;1H3;. The van der Waals surface area contributed by atoms with Crippen molar-refractivity contribution in [2.75, 3.05) is 7.11 Å². The Kier molecular flexibility index (Phi) is 10.8. The summed E-state index contributed by atoms with van der Waals surface area (Å²) in [5, 5.41) is 0. The van der Waals surface area contributed by atoms with Gasteiger partial charge in [0.05, 0.1) is 7.11 Å². The molecule has 0 atom stereocenters. The number of methoxy groups -OCH3 is 1. The number of hydrogen-bond acceptors (Lipinski definition) is 2. The van der Waals surface area contributed by atoms with Crippen LogP contribution in [0.3, 0.4) is 0 Å². The normalized spacial score (nSPS) is 6.78. The molecule has 0 N–H and O–H groups in total. The van der Waals surface area contributed by atoms with E-state index in [9.17, 15) is 4.79 Å². The molecule has 0 spiro atoms. The zero-order valence-electron chi connectivity index (χ0n) is 6.23. The first-order valence-electron chi connectivity index (χ1n) is 2.63. The van der Waals surface area contributed by atoms with Crippen molar-refractivity contribution in [3.05, 3.63) is 12.2 Å². The monoisotopic (exact) mass is 317 g/mol. The van der Waals surface area contributed by atoms with Crippen LogP contribution in [0.1, 0.15) is 6.92 Å². The first-order chi connectivity index (χ1) is 4.18. The molecule has 0 saturated heterocycles. The molecule has 0 rings (SSSR count). The Morgan fingerprint density at radius 3 is 1.89 bits per heavy atom. The van der Waals surface area contributed by atoms with Crippen molar-refractivity contribution >= 4 is 5.97 Å². The summed E-state index contributed by atoms with van der Waals surface area (Å²) < 4.78 is 6.47. The summed E-state index contributed by atoms with van der Waals surface area (Å²) in [4.78, 5) is 10.2. The van der Waals surface area contributed by atoms with Crippen LogP contribution in [-0.4, -0.2) is 13.1 Å². The molecule has 0 aromatic rings. The van der Waals surface area contributed by atoms with E-state index in [0.29, 0.717) is 5.57 Å². The van der Waals surface area contributed by atoms with Gasteiger partial charge in [-0.2, -0.15) is 0 Å². The zero-order chi connectivity index (χ0) is 7.86. The molecule has 0 bridgehead atoms. The van der Waals surface area contributed by atoms with Gasteiger partial charge in [0, 0.05) is 5.57 Å². The molecule has 0 radical (unpaired) electrons. The molecule has 0 aromatic carbocycles. The van der Waals surface area contributed by atoms with Gasteiger partial charge in [-0.1, -0.05) is 6.58 Å². The second kappa shape index (κ2) is 8.15. The molecule has 0 fully saturated rings. The van der Waals surface area contributed by atoms with E-state index in [4.69, 9.17) is 0 Å². The minimum absolute atomic E-state index is 0.347. The Balaban J connectivity index is 0. The van der Waals surface area contributed by atoms with Crippen LogP contribution in [0.4, 0.5) is 0 Å². The van der Waals surface area contributed by atoms with Gasteiger partial charge in [0.25, 0.3) is 0 Å². The molecule has 0 heterocycles. The van der Waals surface area contributed by atoms with Crippen molar-refractivity contribution in [2.45, 2.75) is 11.4 Å². The van der Waals surface area contributed by atoms with Crippen molar-refractivity contribution in [2.24, 2.45) is 0 Å². The van der Waals surface area contributed by atoms with E-state index in [0.717, 1.165) is 26.1 Å². The van der Waals surface area contributed by atoms with Crippen LogP contribution in [-0.2, 0) is 35.7 Å². The maximum absolute atomic E-state index is 10.2. The van der Waals surface area contributed by atoms with Crippen LogP contribution < -0.4 is 0 Å². The summed E-state index contributed by atoms with van der Waals surface area (Å²) in [6.07, 6.45) is 0. The topological polar surface area (TPSA) is 26.3 Å². The van der Waals surface area contributed by atoms with Gasteiger partial charge in [-0.05, 0) is 6.92 Å². The van der Waals surface area contributed by atoms with Crippen molar-refractivity contribution < 1.29 is 35.7 Å². The number of rotatable bonds is 1. The van der Waals surface area contributed by atoms with E-state index in [2.05, 4.69) is 15.7 Å². The average Bonchev–Trinajstić information content (AvgIpc) is 1.91. The van der Waals surface area contributed by atoms with Gasteiger partial charge in [0.1, 0.15) is 0 Å². The van der Waals surface area contributed by atoms with Crippen LogP contribution in [0.15, 0.2) is 12.2 Å². The van der Waals surface area contributed by atoms with E-state index >= 15 is 0 Å². The van der Waals surface area contributed by atoms with Crippen LogP contribution in [0, 0.1) is 0 Å². The molecule has 9 heavy (non-hydrogen) atoms. The molecule has 0 amide bonds. The molecule has 0 unspecified atom stereocenters. The molecular weight excluding hydrogens is 305 g/mol. The number of carbonyl (C=O) groups excluding carboxylic acids is 1. The zero-order valence-corrected chi connectivity index (χ0v) is 11.7. The summed E-state index contributed by atoms with van der Waals surface area (Å²) in [6, 6.07) is 0. The Bertz CT molecular complexity index is 99.2. The number of esters is 1. The minimum atomic E-state index is -0.347. The van der Waals surface area contributed by atoms with Gasteiger partial charge in [-0.3, -0.25) is 0 Å². The molecule has 0 aromatic heterocycles. The molecule has 0 aliphatic rings. The summed E-state index contributed by atoms with van der Waals surface area (Å²) >= 11 is 1.03. The second-order valence-corrected chi connectivity index (χ2v) is 1.27. The first-order valence-corrected chi connectivity index (χ1v) is 8.12. The fourth-order valence-electron chi connectivity index (χ4n) is 0.174. The van der Waals surface area contributed by atoms with E-state index in [1.54, 1.807) is 6.92 Å². The third-order valence-corrected chi connectivity index (χ3v) is 0.534. The van der Waals surface area contributed by atoms with Crippen LogP contribution >= 0.6 is 0 Å². The van der Waals surface area contributed by atoms with Gasteiger partial charge < -0.3 is 4.74 Å². The first kappa shape index (κ1) is 11.9. The Morgan fingerprint density at radius 1 is 1.56 bits per heavy atom. The average molecular weight is 316 g/mol. The molecule has 0 aliphatic heterocycles. The Labute approximate surface area is 72.2 Å². The van der Waals surface area contributed by atoms with Crippen molar-refractivity contribution in [3.63, 3.8) is 0 Å². The molecule has 0 saturated carbocycles. The van der Waals surface area contributed by atoms with Gasteiger partial charge in [-0.15, -0.1) is 0 Å². The maximum atomic E-state index is 10.2. The van der Waals surface area contributed by atoms with Gasteiger partial charge >= 0.3 is 36.5 Å². The van der Waals surface area contributed by atoms with Crippen molar-refractivity contribution in [1.82, 2.24) is 0 Å². The summed E-state index contributed by atoms with van der Waals surface area (Å²) in [5.74, 6) is -0.347. The number of carbonyl (C=O) groups is 1. The predicted molar refractivity (Wildman–Crippen MR) is 32.7 cm³/mol. The van der Waals surface area contributed by atoms with Crippen LogP contribution in [0.2, 0.25) is 4.43 Å². The fourth-order valence-corrected chi connectivity index (χ4v) is 0.174. The van der Waals surface area contributed by atoms with Gasteiger partial charge in [-0.25, -0.2) is 4.79 Å². The van der Waals surface area contributed by atoms with Gasteiger partial charge in [0.2, 0.25) is 0 Å². The van der Waals surface area contributed by atoms with E-state index in [1.165, 1.54) is 7.11 Å². The third-order valence-electron chi connectivity index (χ3n) is 0.534. The molecule has 2 nitrogen and oxygen atoms in total. The van der Waals surface area contributed by atoms with E-state index in [-0.39, 0.29) is 5.97 Å². The third kappa shape index (κ3) is 8.15. The number of ether oxygens (including phenoxy) is 1. The van der Waals surface area contributed by atoms with Crippen LogP contribution in [0.25, 0.3) is 0 Å². The van der Waals surface area contributed by atoms with Crippen molar-refractivity contribution in [3.8, 4) is 0 Å². The summed E-state index contributed by atoms with van der Waals surface area (Å²) in [6.45, 7) is 4.95. The predicted octanol–water partition coefficient (Wildman–Crippen LogP) is 1.32. The Morgan fingerprint density at radius 2 is 1.89 bits per heavy atom. The SMILES string of the molecule is C=C(C)C(=O)OC.[CH3][Hg]. The molecular formula is C6H11HgO2. The molecule has 0 aliphatic carbocycles. The number of hydrogen-bond donors (Lipinski definition) is 0. The Hall–Kier alpha value is 0.145.